The molecule has 156 valence electrons. The first-order valence-electron chi connectivity index (χ1n) is 9.53. The van der Waals surface area contributed by atoms with E-state index in [1.54, 1.807) is 31.4 Å². The SMILES string of the molecule is CN=C(NCc1nc(-c2cccc(Cl)c2)no1)NC1CCN(c2ncccc2F)C1. The van der Waals surface area contributed by atoms with E-state index in [9.17, 15) is 4.39 Å². The van der Waals surface area contributed by atoms with Crippen molar-refractivity contribution in [1.82, 2.24) is 25.8 Å². The molecule has 0 aliphatic carbocycles. The van der Waals surface area contributed by atoms with Gasteiger partial charge in [-0.05, 0) is 30.7 Å². The molecule has 0 bridgehead atoms. The Morgan fingerprint density at radius 1 is 1.37 bits per heavy atom. The Kier molecular flexibility index (Phi) is 6.08. The fourth-order valence-corrected chi connectivity index (χ4v) is 3.49. The Morgan fingerprint density at radius 2 is 2.27 bits per heavy atom. The number of hydrogen-bond donors (Lipinski definition) is 2. The van der Waals surface area contributed by atoms with Gasteiger partial charge < -0.3 is 20.1 Å². The van der Waals surface area contributed by atoms with Crippen LogP contribution in [0.15, 0.2) is 52.1 Å². The minimum atomic E-state index is -0.312. The lowest BCUT2D eigenvalue weighted by Gasteiger charge is -2.19. The van der Waals surface area contributed by atoms with Crippen molar-refractivity contribution >= 4 is 23.4 Å². The lowest BCUT2D eigenvalue weighted by molar-refractivity contribution is 0.375. The summed E-state index contributed by atoms with van der Waals surface area (Å²) in [5.41, 5.74) is 0.785. The second kappa shape index (κ2) is 9.08. The third-order valence-electron chi connectivity index (χ3n) is 4.75. The normalized spacial score (nSPS) is 16.7. The van der Waals surface area contributed by atoms with Crippen LogP contribution >= 0.6 is 11.6 Å². The third-order valence-corrected chi connectivity index (χ3v) is 4.98. The molecule has 1 unspecified atom stereocenters. The first-order chi connectivity index (χ1) is 14.6. The summed E-state index contributed by atoms with van der Waals surface area (Å²) in [6, 6.07) is 10.4. The van der Waals surface area contributed by atoms with Crippen LogP contribution in [-0.4, -0.2) is 47.3 Å². The molecule has 2 N–H and O–H groups in total. The number of aromatic nitrogens is 3. The van der Waals surface area contributed by atoms with Crippen LogP contribution in [0.25, 0.3) is 11.4 Å². The maximum atomic E-state index is 14.0. The van der Waals surface area contributed by atoms with Crippen LogP contribution in [0.2, 0.25) is 5.02 Å². The van der Waals surface area contributed by atoms with Crippen LogP contribution in [0.5, 0.6) is 0 Å². The molecule has 2 aromatic heterocycles. The molecule has 30 heavy (non-hydrogen) atoms. The monoisotopic (exact) mass is 429 g/mol. The predicted molar refractivity (Wildman–Crippen MR) is 113 cm³/mol. The van der Waals surface area contributed by atoms with Gasteiger partial charge in [0.05, 0.1) is 6.54 Å². The van der Waals surface area contributed by atoms with Crippen LogP contribution in [0.1, 0.15) is 12.3 Å². The zero-order chi connectivity index (χ0) is 20.9. The number of nitrogens with one attached hydrogen (secondary N) is 2. The molecule has 0 radical (unpaired) electrons. The number of nitrogens with zero attached hydrogens (tertiary/aromatic N) is 5. The number of halogens is 2. The van der Waals surface area contributed by atoms with Gasteiger partial charge in [0.15, 0.2) is 17.6 Å². The Morgan fingerprint density at radius 3 is 3.07 bits per heavy atom. The van der Waals surface area contributed by atoms with Crippen molar-refractivity contribution in [2.45, 2.75) is 19.0 Å². The fraction of sp³-hybridized carbons (Fsp3) is 0.300. The van der Waals surface area contributed by atoms with Crippen LogP contribution in [0.4, 0.5) is 10.2 Å². The highest BCUT2D eigenvalue weighted by Crippen LogP contribution is 2.21. The Hall–Kier alpha value is -3.20. The van der Waals surface area contributed by atoms with Crippen LogP contribution < -0.4 is 15.5 Å². The average Bonchev–Trinajstić information content (AvgIpc) is 3.41. The number of guanidine groups is 1. The molecule has 1 saturated heterocycles. The summed E-state index contributed by atoms with van der Waals surface area (Å²) in [6.45, 7) is 1.67. The van der Waals surface area contributed by atoms with Gasteiger partial charge in [-0.25, -0.2) is 9.37 Å². The van der Waals surface area contributed by atoms with Crippen LogP contribution in [-0.2, 0) is 6.54 Å². The lowest BCUT2D eigenvalue weighted by atomic mass is 10.2. The van der Waals surface area contributed by atoms with E-state index in [0.29, 0.717) is 41.6 Å². The van der Waals surface area contributed by atoms with E-state index in [1.807, 2.05) is 17.0 Å². The molecule has 1 atom stereocenters. The maximum Gasteiger partial charge on any atom is 0.246 e. The van der Waals surface area contributed by atoms with Gasteiger partial charge in [-0.3, -0.25) is 4.99 Å². The fourth-order valence-electron chi connectivity index (χ4n) is 3.30. The average molecular weight is 430 g/mol. The highest BCUT2D eigenvalue weighted by molar-refractivity contribution is 6.30. The molecule has 0 amide bonds. The minimum Gasteiger partial charge on any atom is -0.352 e. The molecule has 1 fully saturated rings. The Bertz CT molecular complexity index is 1040. The summed E-state index contributed by atoms with van der Waals surface area (Å²) in [4.78, 5) is 14.7. The second-order valence-electron chi connectivity index (χ2n) is 6.83. The van der Waals surface area contributed by atoms with Gasteiger partial charge in [0, 0.05) is 43.0 Å². The molecule has 10 heteroatoms. The predicted octanol–water partition coefficient (Wildman–Crippen LogP) is 2.87. The summed E-state index contributed by atoms with van der Waals surface area (Å²) < 4.78 is 19.3. The van der Waals surface area contributed by atoms with Gasteiger partial charge in [0.25, 0.3) is 0 Å². The van der Waals surface area contributed by atoms with Crippen LogP contribution in [0, 0.1) is 5.82 Å². The highest BCUT2D eigenvalue weighted by atomic mass is 35.5. The van der Waals surface area contributed by atoms with Crippen molar-refractivity contribution in [3.8, 4) is 11.4 Å². The van der Waals surface area contributed by atoms with E-state index in [-0.39, 0.29) is 11.9 Å². The Balaban J connectivity index is 1.31. The molecule has 0 saturated carbocycles. The number of benzene rings is 1. The van der Waals surface area contributed by atoms with Crippen molar-refractivity contribution in [3.05, 3.63) is 59.3 Å². The summed E-state index contributed by atoms with van der Waals surface area (Å²) in [5, 5.41) is 11.1. The summed E-state index contributed by atoms with van der Waals surface area (Å²) in [5.74, 6) is 1.57. The first-order valence-corrected chi connectivity index (χ1v) is 9.91. The molecular weight excluding hydrogens is 409 g/mol. The second-order valence-corrected chi connectivity index (χ2v) is 7.27. The minimum absolute atomic E-state index is 0.113. The number of anilines is 1. The molecule has 0 spiro atoms. The number of hydrogen-bond acceptors (Lipinski definition) is 6. The smallest absolute Gasteiger partial charge is 0.246 e. The first kappa shape index (κ1) is 20.1. The van der Waals surface area contributed by atoms with E-state index >= 15 is 0 Å². The molecule has 8 nitrogen and oxygen atoms in total. The topological polar surface area (TPSA) is 91.5 Å². The summed E-state index contributed by atoms with van der Waals surface area (Å²) >= 11 is 6.01. The van der Waals surface area contributed by atoms with Crippen molar-refractivity contribution in [3.63, 3.8) is 0 Å². The van der Waals surface area contributed by atoms with Crippen LogP contribution in [0.3, 0.4) is 0 Å². The van der Waals surface area contributed by atoms with Crippen molar-refractivity contribution in [2.75, 3.05) is 25.0 Å². The lowest BCUT2D eigenvalue weighted by Crippen LogP contribution is -2.44. The standard InChI is InChI=1S/C20H21ClFN7O/c1-23-20(26-15-7-9-29(12-15)19-16(22)6-3-8-24-19)25-11-17-27-18(28-30-17)13-4-2-5-14(21)10-13/h2-6,8,10,15H,7,9,11-12H2,1H3,(H2,23,25,26). The zero-order valence-electron chi connectivity index (χ0n) is 16.3. The van der Waals surface area contributed by atoms with E-state index in [4.69, 9.17) is 16.1 Å². The molecule has 3 heterocycles. The van der Waals surface area contributed by atoms with Gasteiger partial charge in [0.1, 0.15) is 0 Å². The van der Waals surface area contributed by atoms with E-state index in [0.717, 1.165) is 18.5 Å². The summed E-state index contributed by atoms with van der Waals surface area (Å²) in [7, 11) is 1.69. The molecule has 1 aliphatic rings. The number of rotatable bonds is 5. The van der Waals surface area contributed by atoms with Gasteiger partial charge in [-0.1, -0.05) is 28.9 Å². The largest absolute Gasteiger partial charge is 0.352 e. The number of aliphatic imine (C=N–C) groups is 1. The van der Waals surface area contributed by atoms with Crippen molar-refractivity contribution in [1.29, 1.82) is 0 Å². The molecule has 3 aromatic rings. The molecule has 4 rings (SSSR count). The van der Waals surface area contributed by atoms with E-state index in [2.05, 4.69) is 30.8 Å². The zero-order valence-corrected chi connectivity index (χ0v) is 17.1. The third kappa shape index (κ3) is 4.68. The van der Waals surface area contributed by atoms with Gasteiger partial charge in [-0.2, -0.15) is 4.98 Å². The van der Waals surface area contributed by atoms with Gasteiger partial charge in [-0.15, -0.1) is 0 Å². The van der Waals surface area contributed by atoms with Gasteiger partial charge >= 0.3 is 0 Å². The maximum absolute atomic E-state index is 14.0. The molecule has 1 aromatic carbocycles. The van der Waals surface area contributed by atoms with Crippen molar-refractivity contribution < 1.29 is 8.91 Å². The van der Waals surface area contributed by atoms with Crippen molar-refractivity contribution in [2.24, 2.45) is 4.99 Å². The van der Waals surface area contributed by atoms with E-state index < -0.39 is 0 Å². The molecular formula is C20H21ClFN7O. The van der Waals surface area contributed by atoms with E-state index in [1.165, 1.54) is 6.07 Å². The quantitative estimate of drug-likeness (QED) is 0.476. The number of pyridine rings is 1. The van der Waals surface area contributed by atoms with Gasteiger partial charge in [0.2, 0.25) is 11.7 Å². The summed E-state index contributed by atoms with van der Waals surface area (Å²) in [6.07, 6.45) is 2.44. The Labute approximate surface area is 178 Å². The molecule has 1 aliphatic heterocycles. The highest BCUT2D eigenvalue weighted by Gasteiger charge is 2.26.